The molecule has 0 radical (unpaired) electrons. The van der Waals surface area contributed by atoms with E-state index in [9.17, 15) is 14.7 Å². The minimum absolute atomic E-state index is 0.143. The Morgan fingerprint density at radius 3 is 2.46 bits per heavy atom. The Labute approximate surface area is 144 Å². The molecule has 24 heavy (non-hydrogen) atoms. The second-order valence-electron chi connectivity index (χ2n) is 7.23. The Kier molecular flexibility index (Phi) is 5.65. The summed E-state index contributed by atoms with van der Waals surface area (Å²) in [5.74, 6) is -0.391. The van der Waals surface area contributed by atoms with Gasteiger partial charge in [-0.05, 0) is 23.0 Å². The second kappa shape index (κ2) is 7.34. The maximum Gasteiger partial charge on any atom is 0.243 e. The van der Waals surface area contributed by atoms with Gasteiger partial charge in [0.2, 0.25) is 11.8 Å². The smallest absolute Gasteiger partial charge is 0.243 e. The maximum absolute atomic E-state index is 12.3. The quantitative estimate of drug-likeness (QED) is 0.866. The summed E-state index contributed by atoms with van der Waals surface area (Å²) < 4.78 is 0. The summed E-state index contributed by atoms with van der Waals surface area (Å²) in [4.78, 5) is 25.3. The van der Waals surface area contributed by atoms with Crippen molar-refractivity contribution in [3.8, 4) is 0 Å². The van der Waals surface area contributed by atoms with Gasteiger partial charge in [0.15, 0.2) is 0 Å². The van der Waals surface area contributed by atoms with Crippen LogP contribution in [0.1, 0.15) is 51.7 Å². The highest BCUT2D eigenvalue weighted by molar-refractivity contribution is 5.87. The van der Waals surface area contributed by atoms with Crippen molar-refractivity contribution in [1.82, 2.24) is 10.2 Å². The number of nitrogens with zero attached hydrogens (tertiary/aromatic N) is 1. The predicted molar refractivity (Wildman–Crippen MR) is 93.4 cm³/mol. The van der Waals surface area contributed by atoms with Gasteiger partial charge >= 0.3 is 0 Å². The molecule has 5 nitrogen and oxygen atoms in total. The zero-order valence-corrected chi connectivity index (χ0v) is 15.0. The number of carbonyl (C=O) groups is 2. The average molecular weight is 332 g/mol. The van der Waals surface area contributed by atoms with Crippen molar-refractivity contribution in [2.45, 2.75) is 64.6 Å². The molecule has 1 heterocycles. The third-order valence-electron chi connectivity index (χ3n) is 5.07. The van der Waals surface area contributed by atoms with Gasteiger partial charge in [0.25, 0.3) is 0 Å². The van der Waals surface area contributed by atoms with Crippen LogP contribution in [-0.4, -0.2) is 40.5 Å². The Bertz CT molecular complexity index is 595. The van der Waals surface area contributed by atoms with Crippen LogP contribution < -0.4 is 5.32 Å². The molecule has 1 aromatic carbocycles. The highest BCUT2D eigenvalue weighted by Gasteiger charge is 2.37. The molecule has 2 atom stereocenters. The molecule has 1 aliphatic heterocycles. The molecule has 2 N–H and O–H groups in total. The Morgan fingerprint density at radius 1 is 1.29 bits per heavy atom. The highest BCUT2D eigenvalue weighted by Crippen LogP contribution is 2.26. The lowest BCUT2D eigenvalue weighted by Crippen LogP contribution is -2.44. The molecule has 2 amide bonds. The van der Waals surface area contributed by atoms with Crippen molar-refractivity contribution in [2.75, 3.05) is 6.54 Å². The van der Waals surface area contributed by atoms with Crippen LogP contribution in [-0.2, 0) is 21.5 Å². The van der Waals surface area contributed by atoms with Gasteiger partial charge in [-0.1, -0.05) is 45.0 Å². The van der Waals surface area contributed by atoms with Crippen molar-refractivity contribution < 1.29 is 14.7 Å². The summed E-state index contributed by atoms with van der Waals surface area (Å²) in [7, 11) is 0. The van der Waals surface area contributed by atoms with Gasteiger partial charge in [-0.15, -0.1) is 0 Å². The molecule has 2 rings (SSSR count). The van der Waals surface area contributed by atoms with Crippen LogP contribution in [0.15, 0.2) is 24.3 Å². The molecule has 132 valence electrons. The molecule has 1 aromatic rings. The van der Waals surface area contributed by atoms with Crippen molar-refractivity contribution in [1.29, 1.82) is 0 Å². The fourth-order valence-electron chi connectivity index (χ4n) is 3.00. The standard InChI is InChI=1S/C19H28N2O3/c1-5-19(3,4)15-8-6-14(7-9-15)11-20-18(24)17-10-16(23)12-21(17)13(2)22/h6-9,16-17,23H,5,10-12H2,1-4H3,(H,20,24)/t16-,17-/m1/s1. The van der Waals surface area contributed by atoms with Gasteiger partial charge in [-0.2, -0.15) is 0 Å². The fraction of sp³-hybridized carbons (Fsp3) is 0.579. The first-order valence-electron chi connectivity index (χ1n) is 8.57. The molecule has 1 aliphatic rings. The van der Waals surface area contributed by atoms with E-state index >= 15 is 0 Å². The second-order valence-corrected chi connectivity index (χ2v) is 7.23. The Hall–Kier alpha value is -1.88. The van der Waals surface area contributed by atoms with E-state index in [2.05, 4.69) is 38.2 Å². The van der Waals surface area contributed by atoms with Crippen LogP contribution in [0.25, 0.3) is 0 Å². The third-order valence-corrected chi connectivity index (χ3v) is 5.07. The van der Waals surface area contributed by atoms with E-state index in [0.717, 1.165) is 12.0 Å². The number of benzene rings is 1. The van der Waals surface area contributed by atoms with Gasteiger partial charge in [0.05, 0.1) is 6.10 Å². The van der Waals surface area contributed by atoms with Crippen LogP contribution in [0.5, 0.6) is 0 Å². The topological polar surface area (TPSA) is 69.6 Å². The number of aliphatic hydroxyl groups excluding tert-OH is 1. The summed E-state index contributed by atoms with van der Waals surface area (Å²) in [6, 6.07) is 7.69. The number of nitrogens with one attached hydrogen (secondary N) is 1. The van der Waals surface area contributed by atoms with E-state index < -0.39 is 12.1 Å². The Morgan fingerprint density at radius 2 is 1.92 bits per heavy atom. The number of aliphatic hydroxyl groups is 1. The number of rotatable bonds is 5. The monoisotopic (exact) mass is 332 g/mol. The van der Waals surface area contributed by atoms with E-state index in [1.165, 1.54) is 17.4 Å². The van der Waals surface area contributed by atoms with Crippen molar-refractivity contribution in [3.63, 3.8) is 0 Å². The molecule has 0 spiro atoms. The van der Waals surface area contributed by atoms with Crippen molar-refractivity contribution in [3.05, 3.63) is 35.4 Å². The summed E-state index contributed by atoms with van der Waals surface area (Å²) in [5.41, 5.74) is 2.44. The van der Waals surface area contributed by atoms with E-state index in [1.807, 2.05) is 12.1 Å². The van der Waals surface area contributed by atoms with E-state index in [0.29, 0.717) is 13.0 Å². The van der Waals surface area contributed by atoms with Crippen LogP contribution in [0.4, 0.5) is 0 Å². The summed E-state index contributed by atoms with van der Waals surface area (Å²) in [6.07, 6.45) is 0.739. The number of hydrogen-bond donors (Lipinski definition) is 2. The summed E-state index contributed by atoms with van der Waals surface area (Å²) in [5, 5.41) is 12.6. The van der Waals surface area contributed by atoms with Crippen LogP contribution >= 0.6 is 0 Å². The van der Waals surface area contributed by atoms with Crippen LogP contribution in [0.3, 0.4) is 0 Å². The molecule has 0 bridgehead atoms. The van der Waals surface area contributed by atoms with Gasteiger partial charge < -0.3 is 15.3 Å². The van der Waals surface area contributed by atoms with Gasteiger partial charge in [0, 0.05) is 26.4 Å². The first kappa shape index (κ1) is 18.5. The SMILES string of the molecule is CCC(C)(C)c1ccc(CNC(=O)[C@H]2C[C@@H](O)CN2C(C)=O)cc1. The van der Waals surface area contributed by atoms with Gasteiger partial charge in [0.1, 0.15) is 6.04 Å². The normalized spacial score (nSPS) is 21.0. The molecule has 0 aliphatic carbocycles. The lowest BCUT2D eigenvalue weighted by molar-refractivity contribution is -0.137. The summed E-state index contributed by atoms with van der Waals surface area (Å²) >= 11 is 0. The predicted octanol–water partition coefficient (Wildman–Crippen LogP) is 1.97. The Balaban J connectivity index is 1.95. The zero-order valence-electron chi connectivity index (χ0n) is 15.0. The van der Waals surface area contributed by atoms with E-state index in [1.54, 1.807) is 0 Å². The number of likely N-dealkylation sites (tertiary alicyclic amines) is 1. The number of hydrogen-bond acceptors (Lipinski definition) is 3. The van der Waals surface area contributed by atoms with Crippen LogP contribution in [0.2, 0.25) is 0 Å². The number of carbonyl (C=O) groups excluding carboxylic acids is 2. The molecule has 0 saturated carbocycles. The lowest BCUT2D eigenvalue weighted by Gasteiger charge is -2.24. The molecule has 1 fully saturated rings. The first-order chi connectivity index (χ1) is 11.2. The lowest BCUT2D eigenvalue weighted by atomic mass is 9.82. The fourth-order valence-corrected chi connectivity index (χ4v) is 3.00. The molecular formula is C19H28N2O3. The summed E-state index contributed by atoms with van der Waals surface area (Å²) in [6.45, 7) is 8.67. The maximum atomic E-state index is 12.3. The van der Waals surface area contributed by atoms with E-state index in [-0.39, 0.29) is 23.8 Å². The minimum Gasteiger partial charge on any atom is -0.391 e. The zero-order chi connectivity index (χ0) is 17.9. The third kappa shape index (κ3) is 4.15. The largest absolute Gasteiger partial charge is 0.391 e. The average Bonchev–Trinajstić information content (AvgIpc) is 2.95. The van der Waals surface area contributed by atoms with Gasteiger partial charge in [-0.25, -0.2) is 0 Å². The first-order valence-corrected chi connectivity index (χ1v) is 8.57. The molecule has 5 heteroatoms. The van der Waals surface area contributed by atoms with Crippen molar-refractivity contribution >= 4 is 11.8 Å². The molecule has 0 unspecified atom stereocenters. The van der Waals surface area contributed by atoms with Crippen molar-refractivity contribution in [2.24, 2.45) is 0 Å². The molecule has 0 aromatic heterocycles. The highest BCUT2D eigenvalue weighted by atomic mass is 16.3. The van der Waals surface area contributed by atoms with E-state index in [4.69, 9.17) is 0 Å². The number of amides is 2. The number of β-amino-alcohol motifs (C(OH)–C–C–N with tert-alkyl or cyclic N) is 1. The van der Waals surface area contributed by atoms with Gasteiger partial charge in [-0.3, -0.25) is 9.59 Å². The molecule has 1 saturated heterocycles. The van der Waals surface area contributed by atoms with Crippen LogP contribution in [0, 0.1) is 0 Å². The molecular weight excluding hydrogens is 304 g/mol. The minimum atomic E-state index is -0.625.